The molecule has 0 unspecified atom stereocenters. The second-order valence-corrected chi connectivity index (χ2v) is 5.40. The van der Waals surface area contributed by atoms with Crippen LogP contribution in [0.3, 0.4) is 0 Å². The van der Waals surface area contributed by atoms with E-state index in [-0.39, 0.29) is 5.91 Å². The Labute approximate surface area is 119 Å². The third kappa shape index (κ3) is 2.76. The van der Waals surface area contributed by atoms with Crippen molar-refractivity contribution in [2.24, 2.45) is 0 Å². The van der Waals surface area contributed by atoms with Crippen LogP contribution in [0.1, 0.15) is 21.7 Å². The van der Waals surface area contributed by atoms with Crippen molar-refractivity contribution in [3.8, 4) is 0 Å². The van der Waals surface area contributed by atoms with Gasteiger partial charge in [0.1, 0.15) is 0 Å². The number of nitrogens with one attached hydrogen (secondary N) is 1. The van der Waals surface area contributed by atoms with Gasteiger partial charge in [0.25, 0.3) is 5.91 Å². The van der Waals surface area contributed by atoms with E-state index in [4.69, 9.17) is 11.6 Å². The number of carbonyl (C=O) groups excluding carboxylic acids is 1. The molecule has 18 heavy (non-hydrogen) atoms. The van der Waals surface area contributed by atoms with Crippen LogP contribution in [0.4, 0.5) is 0 Å². The van der Waals surface area contributed by atoms with Crippen molar-refractivity contribution < 1.29 is 4.79 Å². The lowest BCUT2D eigenvalue weighted by atomic mass is 10.2. The fourth-order valence-corrected chi connectivity index (χ4v) is 2.56. The van der Waals surface area contributed by atoms with Crippen molar-refractivity contribution in [2.45, 2.75) is 13.8 Å². The van der Waals surface area contributed by atoms with E-state index in [1.807, 2.05) is 26.0 Å². The number of rotatable bonds is 2. The predicted molar refractivity (Wildman–Crippen MR) is 76.7 cm³/mol. The zero-order valence-corrected chi connectivity index (χ0v) is 12.3. The molecule has 0 atom stereocenters. The van der Waals surface area contributed by atoms with Gasteiger partial charge in [0.15, 0.2) is 0 Å². The number of aryl methyl sites for hydroxylation is 2. The Bertz CT molecular complexity index is 567. The van der Waals surface area contributed by atoms with Gasteiger partial charge in [-0.2, -0.15) is 0 Å². The summed E-state index contributed by atoms with van der Waals surface area (Å²) in [6, 6.07) is 9.00. The molecule has 1 N–H and O–H groups in total. The van der Waals surface area contributed by atoms with Crippen LogP contribution in [0.5, 0.6) is 0 Å². The molecule has 2 rings (SSSR count). The second kappa shape index (κ2) is 5.16. The topological polar surface area (TPSA) is 34.0 Å². The number of hydrogen-bond donors (Lipinski definition) is 1. The van der Waals surface area contributed by atoms with Gasteiger partial charge in [-0.05, 0) is 44.2 Å². The highest BCUT2D eigenvalue weighted by Gasteiger charge is 2.10. The molecule has 0 radical (unpaired) electrons. The number of hydrogen-bond acceptors (Lipinski definition) is 1. The summed E-state index contributed by atoms with van der Waals surface area (Å²) in [7, 11) is 0. The Hall–Kier alpha value is -1.26. The average Bonchev–Trinajstić information content (AvgIpc) is 2.59. The highest BCUT2D eigenvalue weighted by atomic mass is 79.9. The lowest BCUT2D eigenvalue weighted by Gasteiger charge is -2.11. The highest BCUT2D eigenvalue weighted by molar-refractivity contribution is 9.10. The summed E-state index contributed by atoms with van der Waals surface area (Å²) in [5.74, 6) is -0.194. The number of nitrogens with zero attached hydrogens (tertiary/aromatic N) is 1. The SMILES string of the molecule is Cc1ccc(C)n1NC(=O)c1cc(Cl)cc(Br)c1. The van der Waals surface area contributed by atoms with Gasteiger partial charge in [-0.3, -0.25) is 14.9 Å². The first-order valence-electron chi connectivity index (χ1n) is 5.40. The van der Waals surface area contributed by atoms with Crippen molar-refractivity contribution in [1.82, 2.24) is 4.68 Å². The van der Waals surface area contributed by atoms with E-state index in [1.54, 1.807) is 22.9 Å². The molecule has 1 aromatic heterocycles. The van der Waals surface area contributed by atoms with Crippen molar-refractivity contribution in [2.75, 3.05) is 5.43 Å². The van der Waals surface area contributed by atoms with E-state index in [9.17, 15) is 4.79 Å². The standard InChI is InChI=1S/C13H12BrClN2O/c1-8-3-4-9(2)17(8)16-13(18)10-5-11(14)7-12(15)6-10/h3-7H,1-2H3,(H,16,18). The summed E-state index contributed by atoms with van der Waals surface area (Å²) in [4.78, 5) is 12.1. The highest BCUT2D eigenvalue weighted by Crippen LogP contribution is 2.19. The third-order valence-corrected chi connectivity index (χ3v) is 3.29. The van der Waals surface area contributed by atoms with Gasteiger partial charge in [-0.15, -0.1) is 0 Å². The van der Waals surface area contributed by atoms with Gasteiger partial charge in [-0.25, -0.2) is 0 Å². The molecule has 1 heterocycles. The molecule has 5 heteroatoms. The molecule has 0 aliphatic carbocycles. The maximum absolute atomic E-state index is 12.1. The lowest BCUT2D eigenvalue weighted by Crippen LogP contribution is -2.24. The quantitative estimate of drug-likeness (QED) is 0.891. The number of halogens is 2. The van der Waals surface area contributed by atoms with E-state index in [0.717, 1.165) is 15.9 Å². The third-order valence-electron chi connectivity index (χ3n) is 2.61. The maximum Gasteiger partial charge on any atom is 0.270 e. The summed E-state index contributed by atoms with van der Waals surface area (Å²) in [6.45, 7) is 3.86. The van der Waals surface area contributed by atoms with Crippen LogP contribution in [-0.4, -0.2) is 10.6 Å². The molecule has 0 aliphatic rings. The van der Waals surface area contributed by atoms with E-state index < -0.39 is 0 Å². The predicted octanol–water partition coefficient (Wildman–Crippen LogP) is 3.90. The number of aromatic nitrogens is 1. The van der Waals surface area contributed by atoms with Crippen LogP contribution in [0.2, 0.25) is 5.02 Å². The second-order valence-electron chi connectivity index (χ2n) is 4.05. The van der Waals surface area contributed by atoms with Crippen molar-refractivity contribution >= 4 is 33.4 Å². The molecule has 2 aromatic rings. The van der Waals surface area contributed by atoms with Crippen LogP contribution < -0.4 is 5.43 Å². The lowest BCUT2D eigenvalue weighted by molar-refractivity contribution is 0.101. The van der Waals surface area contributed by atoms with Crippen LogP contribution in [0.25, 0.3) is 0 Å². The van der Waals surface area contributed by atoms with Crippen LogP contribution >= 0.6 is 27.5 Å². The Kier molecular flexibility index (Phi) is 3.78. The molecule has 1 aromatic carbocycles. The van der Waals surface area contributed by atoms with Gasteiger partial charge in [0.05, 0.1) is 0 Å². The Morgan fingerprint density at radius 2 is 1.83 bits per heavy atom. The van der Waals surface area contributed by atoms with Gasteiger partial charge in [0.2, 0.25) is 0 Å². The Morgan fingerprint density at radius 3 is 2.39 bits per heavy atom. The van der Waals surface area contributed by atoms with Gasteiger partial charge in [-0.1, -0.05) is 27.5 Å². The zero-order chi connectivity index (χ0) is 13.3. The van der Waals surface area contributed by atoms with E-state index in [2.05, 4.69) is 21.4 Å². The van der Waals surface area contributed by atoms with E-state index >= 15 is 0 Å². The minimum Gasteiger partial charge on any atom is -0.267 e. The summed E-state index contributed by atoms with van der Waals surface area (Å²) in [5, 5.41) is 0.524. The summed E-state index contributed by atoms with van der Waals surface area (Å²) < 4.78 is 2.53. The van der Waals surface area contributed by atoms with Gasteiger partial charge < -0.3 is 0 Å². The normalized spacial score (nSPS) is 10.4. The summed E-state index contributed by atoms with van der Waals surface area (Å²) in [5.41, 5.74) is 5.29. The molecule has 0 saturated carbocycles. The molecular weight excluding hydrogens is 316 g/mol. The van der Waals surface area contributed by atoms with Crippen LogP contribution in [0, 0.1) is 13.8 Å². The smallest absolute Gasteiger partial charge is 0.267 e. The van der Waals surface area contributed by atoms with E-state index in [1.165, 1.54) is 0 Å². The fraction of sp³-hybridized carbons (Fsp3) is 0.154. The maximum atomic E-state index is 12.1. The minimum absolute atomic E-state index is 0.194. The monoisotopic (exact) mass is 326 g/mol. The number of amides is 1. The first-order chi connectivity index (χ1) is 8.47. The fourth-order valence-electron chi connectivity index (χ4n) is 1.70. The summed E-state index contributed by atoms with van der Waals surface area (Å²) in [6.07, 6.45) is 0. The van der Waals surface area contributed by atoms with E-state index in [0.29, 0.717) is 10.6 Å². The van der Waals surface area contributed by atoms with Gasteiger partial charge in [0, 0.05) is 26.4 Å². The van der Waals surface area contributed by atoms with Crippen molar-refractivity contribution in [3.63, 3.8) is 0 Å². The Balaban J connectivity index is 2.27. The number of benzene rings is 1. The molecule has 1 amide bonds. The van der Waals surface area contributed by atoms with Crippen molar-refractivity contribution in [3.05, 3.63) is 56.8 Å². The molecular formula is C13H12BrClN2O. The first kappa shape index (κ1) is 13.2. The molecule has 0 fully saturated rings. The molecule has 0 spiro atoms. The zero-order valence-electron chi connectivity index (χ0n) is 10.00. The molecule has 0 bridgehead atoms. The summed E-state index contributed by atoms with van der Waals surface area (Å²) >= 11 is 9.24. The first-order valence-corrected chi connectivity index (χ1v) is 6.57. The number of carbonyl (C=O) groups is 1. The largest absolute Gasteiger partial charge is 0.270 e. The van der Waals surface area contributed by atoms with Crippen LogP contribution in [-0.2, 0) is 0 Å². The van der Waals surface area contributed by atoms with Crippen LogP contribution in [0.15, 0.2) is 34.8 Å². The Morgan fingerprint density at radius 1 is 1.22 bits per heavy atom. The molecule has 0 aliphatic heterocycles. The molecule has 0 saturated heterocycles. The molecule has 3 nitrogen and oxygen atoms in total. The average molecular weight is 328 g/mol. The molecule has 94 valence electrons. The minimum atomic E-state index is -0.194. The van der Waals surface area contributed by atoms with Gasteiger partial charge >= 0.3 is 0 Å². The van der Waals surface area contributed by atoms with Crippen molar-refractivity contribution in [1.29, 1.82) is 0 Å².